The van der Waals surface area contributed by atoms with Crippen molar-refractivity contribution >= 4 is 29.1 Å². The van der Waals surface area contributed by atoms with Gasteiger partial charge in [-0.2, -0.15) is 0 Å². The Morgan fingerprint density at radius 1 is 1.00 bits per heavy atom. The summed E-state index contributed by atoms with van der Waals surface area (Å²) in [6.45, 7) is 0.278. The number of hydrogen-bond donors (Lipinski definition) is 1. The third-order valence-electron chi connectivity index (χ3n) is 4.85. The molecule has 2 aromatic heterocycles. The van der Waals surface area contributed by atoms with Crippen molar-refractivity contribution in [2.75, 3.05) is 14.2 Å². The fourth-order valence-corrected chi connectivity index (χ4v) is 4.92. The molecule has 0 aliphatic rings. The molecule has 33 heavy (non-hydrogen) atoms. The first-order valence-electron chi connectivity index (χ1n) is 10.1. The number of benzene rings is 2. The van der Waals surface area contributed by atoms with E-state index in [9.17, 15) is 9.90 Å². The smallest absolute Gasteiger partial charge is 0.305 e. The molecule has 2 aromatic carbocycles. The van der Waals surface area contributed by atoms with E-state index in [1.54, 1.807) is 25.6 Å². The molecule has 0 unspecified atom stereocenters. The zero-order valence-electron chi connectivity index (χ0n) is 18.1. The Hall–Kier alpha value is -3.37. The maximum atomic E-state index is 11.2. The van der Waals surface area contributed by atoms with E-state index in [1.165, 1.54) is 11.8 Å². The Morgan fingerprint density at radius 3 is 2.24 bits per heavy atom. The van der Waals surface area contributed by atoms with Crippen LogP contribution in [0.3, 0.4) is 0 Å². The van der Waals surface area contributed by atoms with Crippen LogP contribution in [0, 0.1) is 0 Å². The Labute approximate surface area is 199 Å². The van der Waals surface area contributed by atoms with Gasteiger partial charge < -0.3 is 19.1 Å². The van der Waals surface area contributed by atoms with Crippen molar-refractivity contribution in [3.05, 3.63) is 59.6 Å². The number of carboxylic acids is 1. The number of hydrogen-bond acceptors (Lipinski definition) is 8. The van der Waals surface area contributed by atoms with Crippen LogP contribution >= 0.6 is 23.1 Å². The van der Waals surface area contributed by atoms with Crippen molar-refractivity contribution in [2.45, 2.75) is 23.9 Å². The van der Waals surface area contributed by atoms with Crippen molar-refractivity contribution in [1.29, 1.82) is 0 Å². The first-order chi connectivity index (χ1) is 16.1. The predicted molar refractivity (Wildman–Crippen MR) is 128 cm³/mol. The summed E-state index contributed by atoms with van der Waals surface area (Å²) in [5, 5.41) is 21.5. The van der Waals surface area contributed by atoms with Crippen LogP contribution in [0.4, 0.5) is 0 Å². The lowest BCUT2D eigenvalue weighted by molar-refractivity contribution is -0.137. The Balaban J connectivity index is 1.51. The molecule has 0 aliphatic carbocycles. The lowest BCUT2D eigenvalue weighted by atomic mass is 10.2. The topological polar surface area (TPSA) is 99.4 Å². The molecule has 0 aliphatic heterocycles. The Morgan fingerprint density at radius 2 is 1.64 bits per heavy atom. The summed E-state index contributed by atoms with van der Waals surface area (Å²) in [5.74, 6) is 1.89. The first kappa shape index (κ1) is 22.8. The molecule has 0 saturated heterocycles. The molecular formula is C23H22N4O4S2. The Kier molecular flexibility index (Phi) is 7.26. The van der Waals surface area contributed by atoms with Crippen LogP contribution in [-0.2, 0) is 17.1 Å². The fourth-order valence-electron chi connectivity index (χ4n) is 3.14. The van der Waals surface area contributed by atoms with E-state index in [4.69, 9.17) is 14.5 Å². The summed E-state index contributed by atoms with van der Waals surface area (Å²) >= 11 is 3.06. The van der Waals surface area contributed by atoms with Gasteiger partial charge in [0.25, 0.3) is 0 Å². The number of ether oxygens (including phenoxy) is 2. The second-order valence-corrected chi connectivity index (χ2v) is 8.79. The van der Waals surface area contributed by atoms with Crippen molar-refractivity contribution in [3.8, 4) is 33.5 Å². The van der Waals surface area contributed by atoms with E-state index < -0.39 is 5.97 Å². The van der Waals surface area contributed by atoms with Gasteiger partial charge in [-0.1, -0.05) is 11.8 Å². The van der Waals surface area contributed by atoms with Gasteiger partial charge in [0.2, 0.25) is 0 Å². The van der Waals surface area contributed by atoms with Crippen LogP contribution in [-0.4, -0.2) is 45.0 Å². The van der Waals surface area contributed by atoms with Gasteiger partial charge in [0.15, 0.2) is 11.0 Å². The van der Waals surface area contributed by atoms with Crippen LogP contribution < -0.4 is 9.47 Å². The number of thiazole rings is 1. The third-order valence-corrected chi connectivity index (χ3v) is 6.79. The number of aliphatic carboxylic acids is 1. The minimum atomic E-state index is -0.871. The second kappa shape index (κ2) is 10.5. The van der Waals surface area contributed by atoms with Crippen molar-refractivity contribution in [2.24, 2.45) is 0 Å². The quantitative estimate of drug-likeness (QED) is 0.320. The summed E-state index contributed by atoms with van der Waals surface area (Å²) in [6, 6.07) is 15.2. The highest BCUT2D eigenvalue weighted by Gasteiger charge is 2.16. The normalized spacial score (nSPS) is 10.8. The minimum Gasteiger partial charge on any atom is -0.497 e. The number of carbonyl (C=O) groups is 1. The molecule has 2 heterocycles. The summed E-state index contributed by atoms with van der Waals surface area (Å²) in [5.41, 5.74) is 2.80. The third kappa shape index (κ3) is 5.52. The molecular weight excluding hydrogens is 460 g/mol. The number of rotatable bonds is 10. The van der Waals surface area contributed by atoms with Crippen LogP contribution in [0.15, 0.2) is 59.1 Å². The number of carboxylic acid groups (broad SMARTS) is 1. The maximum absolute atomic E-state index is 11.2. The molecule has 0 bridgehead atoms. The molecule has 0 saturated carbocycles. The van der Waals surface area contributed by atoms with Crippen LogP contribution in [0.5, 0.6) is 11.5 Å². The number of thioether (sulfide) groups is 1. The minimum absolute atomic E-state index is 0.0208. The lowest BCUT2D eigenvalue weighted by Gasteiger charge is -2.09. The standard InChI is InChI=1S/C23H22N4O4S2/c1-30-18-7-3-15(4-8-18)21-25-26-23(27(21)12-11-20(28)29)33-14-17-13-32-22(24-17)16-5-9-19(31-2)10-6-16/h3-10,13H,11-12,14H2,1-2H3,(H,28,29). The zero-order chi connectivity index (χ0) is 23.2. The fraction of sp³-hybridized carbons (Fsp3) is 0.217. The number of nitrogens with zero attached hydrogens (tertiary/aromatic N) is 4. The van der Waals surface area contributed by atoms with Crippen molar-refractivity contribution < 1.29 is 19.4 Å². The van der Waals surface area contributed by atoms with Crippen LogP contribution in [0.25, 0.3) is 22.0 Å². The highest BCUT2D eigenvalue weighted by molar-refractivity contribution is 7.98. The summed E-state index contributed by atoms with van der Waals surface area (Å²) in [7, 11) is 3.25. The van der Waals surface area contributed by atoms with Crippen molar-refractivity contribution in [1.82, 2.24) is 19.7 Å². The SMILES string of the molecule is COc1ccc(-c2nc(CSc3nnc(-c4ccc(OC)cc4)n3CCC(=O)O)cs2)cc1. The molecule has 0 spiro atoms. The molecule has 0 amide bonds. The first-order valence-corrected chi connectivity index (χ1v) is 11.9. The van der Waals surface area contributed by atoms with E-state index in [-0.39, 0.29) is 13.0 Å². The average molecular weight is 483 g/mol. The molecule has 170 valence electrons. The molecule has 0 radical (unpaired) electrons. The molecule has 1 N–H and O–H groups in total. The molecule has 0 atom stereocenters. The van der Waals surface area contributed by atoms with E-state index in [1.807, 2.05) is 58.5 Å². The van der Waals surface area contributed by atoms with Gasteiger partial charge in [-0.05, 0) is 48.5 Å². The van der Waals surface area contributed by atoms with Gasteiger partial charge in [-0.15, -0.1) is 21.5 Å². The van der Waals surface area contributed by atoms with Gasteiger partial charge in [0.05, 0.1) is 26.3 Å². The van der Waals surface area contributed by atoms with E-state index >= 15 is 0 Å². The van der Waals surface area contributed by atoms with Gasteiger partial charge in [0, 0.05) is 28.8 Å². The van der Waals surface area contributed by atoms with Gasteiger partial charge in [0.1, 0.15) is 16.5 Å². The van der Waals surface area contributed by atoms with E-state index in [2.05, 4.69) is 10.2 Å². The summed E-state index contributed by atoms with van der Waals surface area (Å²) < 4.78 is 12.3. The largest absolute Gasteiger partial charge is 0.497 e. The number of aromatic nitrogens is 4. The van der Waals surface area contributed by atoms with E-state index in [0.29, 0.717) is 16.7 Å². The van der Waals surface area contributed by atoms with Crippen LogP contribution in [0.1, 0.15) is 12.1 Å². The predicted octanol–water partition coefficient (Wildman–Crippen LogP) is 4.85. The second-order valence-electron chi connectivity index (χ2n) is 6.99. The summed E-state index contributed by atoms with van der Waals surface area (Å²) in [6.07, 6.45) is -0.0208. The molecule has 0 fully saturated rings. The monoisotopic (exact) mass is 482 g/mol. The molecule has 4 aromatic rings. The Bertz CT molecular complexity index is 1220. The van der Waals surface area contributed by atoms with Gasteiger partial charge in [-0.25, -0.2) is 4.98 Å². The van der Waals surface area contributed by atoms with Crippen molar-refractivity contribution in [3.63, 3.8) is 0 Å². The maximum Gasteiger partial charge on any atom is 0.305 e. The highest BCUT2D eigenvalue weighted by Crippen LogP contribution is 2.30. The van der Waals surface area contributed by atoms with Crippen LogP contribution in [0.2, 0.25) is 0 Å². The number of methoxy groups -OCH3 is 2. The van der Waals surface area contributed by atoms with Gasteiger partial charge in [-0.3, -0.25) is 4.79 Å². The molecule has 10 heteroatoms. The van der Waals surface area contributed by atoms with Gasteiger partial charge >= 0.3 is 5.97 Å². The average Bonchev–Trinajstić information content (AvgIpc) is 3.48. The zero-order valence-corrected chi connectivity index (χ0v) is 19.7. The lowest BCUT2D eigenvalue weighted by Crippen LogP contribution is -2.07. The molecule has 4 rings (SSSR count). The molecule has 8 nitrogen and oxygen atoms in total. The van der Waals surface area contributed by atoms with E-state index in [0.717, 1.165) is 33.3 Å². The summed E-state index contributed by atoms with van der Waals surface area (Å²) in [4.78, 5) is 15.9. The highest BCUT2D eigenvalue weighted by atomic mass is 32.2.